The highest BCUT2D eigenvalue weighted by atomic mass is 19.4. The SMILES string of the molecule is CCCCCCC[C@H]1CC[C@H](CC[C@H]2CC[C@H](c3ccc(OC(F)C(F)(F)F)cc3)CC2)CC1. The lowest BCUT2D eigenvalue weighted by Crippen LogP contribution is -2.29. The van der Waals surface area contributed by atoms with Crippen molar-refractivity contribution in [2.75, 3.05) is 0 Å². The summed E-state index contributed by atoms with van der Waals surface area (Å²) in [6.07, 6.45) is 13.3. The van der Waals surface area contributed by atoms with Crippen molar-refractivity contribution in [3.8, 4) is 5.75 Å². The molecule has 0 saturated heterocycles. The molecule has 1 aromatic rings. The van der Waals surface area contributed by atoms with E-state index in [4.69, 9.17) is 0 Å². The van der Waals surface area contributed by atoms with Gasteiger partial charge in [-0.25, -0.2) is 0 Å². The number of hydrogen-bond donors (Lipinski definition) is 0. The highest BCUT2D eigenvalue weighted by Crippen LogP contribution is 2.40. The van der Waals surface area contributed by atoms with Gasteiger partial charge in [-0.15, -0.1) is 0 Å². The van der Waals surface area contributed by atoms with E-state index in [0.717, 1.165) is 36.2 Å². The molecular formula is C29H44F4O. The van der Waals surface area contributed by atoms with E-state index < -0.39 is 12.5 Å². The van der Waals surface area contributed by atoms with E-state index in [9.17, 15) is 17.6 Å². The number of hydrogen-bond acceptors (Lipinski definition) is 1. The Balaban J connectivity index is 1.29. The molecule has 2 aliphatic carbocycles. The molecule has 0 bridgehead atoms. The summed E-state index contributed by atoms with van der Waals surface area (Å²) in [6, 6.07) is 6.51. The Kier molecular flexibility index (Phi) is 11.0. The van der Waals surface area contributed by atoms with E-state index in [1.165, 1.54) is 102 Å². The second kappa shape index (κ2) is 13.7. The first kappa shape index (κ1) is 27.3. The highest BCUT2D eigenvalue weighted by molar-refractivity contribution is 5.30. The Labute approximate surface area is 204 Å². The number of halogens is 4. The predicted octanol–water partition coefficient (Wildman–Crippen LogP) is 10.1. The van der Waals surface area contributed by atoms with Crippen LogP contribution in [0, 0.1) is 17.8 Å². The summed E-state index contributed by atoms with van der Waals surface area (Å²) >= 11 is 0. The molecule has 0 N–H and O–H groups in total. The third-order valence-corrected chi connectivity index (χ3v) is 8.36. The van der Waals surface area contributed by atoms with Gasteiger partial charge in [0.15, 0.2) is 0 Å². The second-order valence-corrected chi connectivity index (χ2v) is 10.9. The summed E-state index contributed by atoms with van der Waals surface area (Å²) in [6.45, 7) is 2.28. The molecule has 0 amide bonds. The van der Waals surface area contributed by atoms with Gasteiger partial charge in [0.1, 0.15) is 5.75 Å². The molecule has 0 radical (unpaired) electrons. The predicted molar refractivity (Wildman–Crippen MR) is 131 cm³/mol. The van der Waals surface area contributed by atoms with Crippen LogP contribution in [0.25, 0.3) is 0 Å². The summed E-state index contributed by atoms with van der Waals surface area (Å²) in [4.78, 5) is 0. The van der Waals surface area contributed by atoms with Gasteiger partial charge in [-0.05, 0) is 67.1 Å². The van der Waals surface area contributed by atoms with Crippen LogP contribution in [-0.2, 0) is 0 Å². The fourth-order valence-corrected chi connectivity index (χ4v) is 6.11. The maximum absolute atomic E-state index is 13.1. The minimum absolute atomic E-state index is 0.0755. The van der Waals surface area contributed by atoms with E-state index in [2.05, 4.69) is 11.7 Å². The summed E-state index contributed by atoms with van der Waals surface area (Å²) < 4.78 is 54.4. The van der Waals surface area contributed by atoms with Crippen LogP contribution in [0.3, 0.4) is 0 Å². The first-order valence-electron chi connectivity index (χ1n) is 13.8. The number of rotatable bonds is 12. The van der Waals surface area contributed by atoms with Crippen molar-refractivity contribution < 1.29 is 22.3 Å². The molecule has 2 saturated carbocycles. The monoisotopic (exact) mass is 484 g/mol. The van der Waals surface area contributed by atoms with Gasteiger partial charge in [0.05, 0.1) is 0 Å². The zero-order chi connectivity index (χ0) is 24.4. The van der Waals surface area contributed by atoms with Gasteiger partial charge in [0.25, 0.3) is 0 Å². The summed E-state index contributed by atoms with van der Waals surface area (Å²) in [7, 11) is 0. The topological polar surface area (TPSA) is 9.23 Å². The summed E-state index contributed by atoms with van der Waals surface area (Å²) in [5.74, 6) is 3.09. The van der Waals surface area contributed by atoms with Crippen LogP contribution in [0.5, 0.6) is 5.75 Å². The molecule has 1 unspecified atom stereocenters. The Morgan fingerprint density at radius 3 is 1.76 bits per heavy atom. The van der Waals surface area contributed by atoms with E-state index in [0.29, 0.717) is 5.92 Å². The third-order valence-electron chi connectivity index (χ3n) is 8.36. The van der Waals surface area contributed by atoms with E-state index in [1.54, 1.807) is 12.1 Å². The largest absolute Gasteiger partial charge is 0.457 e. The summed E-state index contributed by atoms with van der Waals surface area (Å²) in [5, 5.41) is 0. The molecule has 2 fully saturated rings. The average Bonchev–Trinajstić information content (AvgIpc) is 2.83. The fourth-order valence-electron chi connectivity index (χ4n) is 6.11. The highest BCUT2D eigenvalue weighted by Gasteiger charge is 2.42. The number of alkyl halides is 4. The van der Waals surface area contributed by atoms with E-state index >= 15 is 0 Å². The van der Waals surface area contributed by atoms with Crippen molar-refractivity contribution in [3.63, 3.8) is 0 Å². The van der Waals surface area contributed by atoms with Gasteiger partial charge < -0.3 is 4.74 Å². The molecule has 1 atom stereocenters. The first-order valence-corrected chi connectivity index (χ1v) is 13.8. The molecule has 0 heterocycles. The van der Waals surface area contributed by atoms with Gasteiger partial charge in [-0.1, -0.05) is 96.1 Å². The Bertz CT molecular complexity index is 670. The van der Waals surface area contributed by atoms with Crippen molar-refractivity contribution in [3.05, 3.63) is 29.8 Å². The average molecular weight is 485 g/mol. The van der Waals surface area contributed by atoms with Crippen molar-refractivity contribution in [1.29, 1.82) is 0 Å². The molecule has 0 spiro atoms. The van der Waals surface area contributed by atoms with Crippen molar-refractivity contribution in [2.45, 2.75) is 128 Å². The van der Waals surface area contributed by atoms with Crippen LogP contribution in [0.1, 0.15) is 121 Å². The lowest BCUT2D eigenvalue weighted by Gasteiger charge is -2.32. The van der Waals surface area contributed by atoms with Gasteiger partial charge >= 0.3 is 12.5 Å². The molecule has 0 aromatic heterocycles. The van der Waals surface area contributed by atoms with Crippen LogP contribution in [0.2, 0.25) is 0 Å². The maximum Gasteiger partial charge on any atom is 0.457 e. The lowest BCUT2D eigenvalue weighted by atomic mass is 9.74. The molecule has 194 valence electrons. The Morgan fingerprint density at radius 1 is 0.735 bits per heavy atom. The molecule has 3 rings (SSSR count). The van der Waals surface area contributed by atoms with Gasteiger partial charge in [0.2, 0.25) is 0 Å². The van der Waals surface area contributed by atoms with E-state index in [1.807, 2.05) is 0 Å². The van der Waals surface area contributed by atoms with Gasteiger partial charge in [0, 0.05) is 0 Å². The summed E-state index contributed by atoms with van der Waals surface area (Å²) in [5.41, 5.74) is 1.13. The fraction of sp³-hybridized carbons (Fsp3) is 0.793. The third kappa shape index (κ3) is 9.07. The molecule has 5 heteroatoms. The molecule has 1 aromatic carbocycles. The lowest BCUT2D eigenvalue weighted by molar-refractivity contribution is -0.236. The quantitative estimate of drug-likeness (QED) is 0.212. The van der Waals surface area contributed by atoms with Crippen LogP contribution in [-0.4, -0.2) is 12.5 Å². The number of ether oxygens (including phenoxy) is 1. The Hall–Kier alpha value is -1.26. The first-order chi connectivity index (χ1) is 16.3. The van der Waals surface area contributed by atoms with Crippen LogP contribution in [0.4, 0.5) is 17.6 Å². The molecular weight excluding hydrogens is 440 g/mol. The van der Waals surface area contributed by atoms with Gasteiger partial charge in [-0.2, -0.15) is 17.6 Å². The second-order valence-electron chi connectivity index (χ2n) is 10.9. The molecule has 2 aliphatic rings. The minimum atomic E-state index is -5.00. The van der Waals surface area contributed by atoms with Crippen LogP contribution >= 0.6 is 0 Å². The Morgan fingerprint density at radius 2 is 1.24 bits per heavy atom. The zero-order valence-corrected chi connectivity index (χ0v) is 20.9. The smallest absolute Gasteiger partial charge is 0.452 e. The number of benzene rings is 1. The maximum atomic E-state index is 13.1. The zero-order valence-electron chi connectivity index (χ0n) is 20.9. The molecule has 34 heavy (non-hydrogen) atoms. The van der Waals surface area contributed by atoms with Gasteiger partial charge in [-0.3, -0.25) is 0 Å². The van der Waals surface area contributed by atoms with Crippen molar-refractivity contribution in [1.82, 2.24) is 0 Å². The van der Waals surface area contributed by atoms with Crippen LogP contribution < -0.4 is 4.74 Å². The standard InChI is InChI=1S/C29H44F4O/c1-2-3-4-5-6-7-22-8-10-23(11-9-22)12-13-24-14-16-25(17-15-24)26-18-20-27(21-19-26)34-28(30)29(31,32)33/h18-25,28H,2-17H2,1H3/t22-,23-,24-,25-,28?. The van der Waals surface area contributed by atoms with Crippen molar-refractivity contribution >= 4 is 0 Å². The molecule has 0 aliphatic heterocycles. The van der Waals surface area contributed by atoms with Crippen LogP contribution in [0.15, 0.2) is 24.3 Å². The van der Waals surface area contributed by atoms with Crippen molar-refractivity contribution in [2.24, 2.45) is 17.8 Å². The molecule has 1 nitrogen and oxygen atoms in total. The van der Waals surface area contributed by atoms with E-state index in [-0.39, 0.29) is 5.75 Å². The normalized spacial score (nSPS) is 26.9. The minimum Gasteiger partial charge on any atom is -0.452 e. The number of unbranched alkanes of at least 4 members (excludes halogenated alkanes) is 4.